The molecule has 1 N–H and O–H groups in total. The van der Waals surface area contributed by atoms with Crippen molar-refractivity contribution in [2.24, 2.45) is 5.92 Å². The van der Waals surface area contributed by atoms with Crippen LogP contribution in [0.2, 0.25) is 0 Å². The number of hydrogen-bond donors (Lipinski definition) is 1. The number of anilines is 1. The van der Waals surface area contributed by atoms with Gasteiger partial charge >= 0.3 is 0 Å². The highest BCUT2D eigenvalue weighted by Crippen LogP contribution is 2.33. The quantitative estimate of drug-likeness (QED) is 0.574. The molecule has 0 radical (unpaired) electrons. The molecule has 2 aromatic carbocycles. The van der Waals surface area contributed by atoms with Crippen molar-refractivity contribution >= 4 is 22.9 Å². The molecule has 1 atom stereocenters. The van der Waals surface area contributed by atoms with E-state index in [-0.39, 0.29) is 23.3 Å². The number of carbonyl (C=O) groups excluding carboxylic acids is 1. The molecule has 0 saturated carbocycles. The van der Waals surface area contributed by atoms with Crippen LogP contribution >= 0.6 is 0 Å². The zero-order chi connectivity index (χ0) is 24.7. The Kier molecular flexibility index (Phi) is 6.34. The number of fused-ring (bicyclic) bond motifs is 1. The van der Waals surface area contributed by atoms with E-state index in [0.29, 0.717) is 6.61 Å². The van der Waals surface area contributed by atoms with Gasteiger partial charge in [0.25, 0.3) is 0 Å². The summed E-state index contributed by atoms with van der Waals surface area (Å²) in [4.78, 5) is 20.3. The van der Waals surface area contributed by atoms with E-state index in [9.17, 15) is 4.79 Å². The molecule has 5 rings (SSSR count). The zero-order valence-corrected chi connectivity index (χ0v) is 21.7. The Balaban J connectivity index is 1.43. The number of ether oxygens (including phenoxy) is 1. The molecule has 6 heteroatoms. The number of hydrogen-bond acceptors (Lipinski definition) is 4. The fourth-order valence-electron chi connectivity index (χ4n) is 5.21. The molecule has 2 saturated heterocycles. The van der Waals surface area contributed by atoms with E-state index >= 15 is 0 Å². The number of nitrogens with one attached hydrogen (secondary N) is 1. The molecule has 0 bridgehead atoms. The maximum atomic E-state index is 12.8. The number of imidazole rings is 1. The predicted octanol–water partition coefficient (Wildman–Crippen LogP) is 5.06. The van der Waals surface area contributed by atoms with Gasteiger partial charge in [0.15, 0.2) is 0 Å². The Labute approximate surface area is 208 Å². The predicted molar refractivity (Wildman–Crippen MR) is 142 cm³/mol. The van der Waals surface area contributed by atoms with E-state index in [2.05, 4.69) is 85.8 Å². The molecule has 6 nitrogen and oxygen atoms in total. The molecule has 186 valence electrons. The van der Waals surface area contributed by atoms with E-state index in [0.717, 1.165) is 61.6 Å². The maximum Gasteiger partial charge on any atom is 0.223 e. The van der Waals surface area contributed by atoms with Crippen LogP contribution in [0.4, 0.5) is 5.95 Å². The first-order chi connectivity index (χ1) is 16.7. The highest BCUT2D eigenvalue weighted by molar-refractivity contribution is 5.83. The number of aromatic nitrogens is 2. The van der Waals surface area contributed by atoms with Crippen molar-refractivity contribution < 1.29 is 9.53 Å². The van der Waals surface area contributed by atoms with Gasteiger partial charge in [-0.25, -0.2) is 4.98 Å². The summed E-state index contributed by atoms with van der Waals surface area (Å²) < 4.78 is 7.71. The molecule has 1 amide bonds. The Morgan fingerprint density at radius 2 is 1.71 bits per heavy atom. The largest absolute Gasteiger partial charge is 0.379 e. The number of benzene rings is 2. The van der Waals surface area contributed by atoms with E-state index in [4.69, 9.17) is 9.72 Å². The van der Waals surface area contributed by atoms with Gasteiger partial charge in [0.1, 0.15) is 0 Å². The Bertz CT molecular complexity index is 1210. The molecule has 3 aromatic rings. The van der Waals surface area contributed by atoms with Crippen LogP contribution < -0.4 is 10.2 Å². The van der Waals surface area contributed by atoms with E-state index in [1.165, 1.54) is 16.7 Å². The highest BCUT2D eigenvalue weighted by Gasteiger charge is 2.30. The van der Waals surface area contributed by atoms with Crippen molar-refractivity contribution in [2.75, 3.05) is 31.2 Å². The SMILES string of the molecule is Cc1cc2nc(N3CCC(C(=O)NC4CCOC4)CC3)n(-c3ccc(C(C)(C)C)cc3)c2cc1C. The van der Waals surface area contributed by atoms with Crippen molar-refractivity contribution in [1.29, 1.82) is 0 Å². The van der Waals surface area contributed by atoms with Gasteiger partial charge in [-0.15, -0.1) is 0 Å². The first-order valence-corrected chi connectivity index (χ1v) is 12.9. The van der Waals surface area contributed by atoms with Gasteiger partial charge < -0.3 is 15.0 Å². The van der Waals surface area contributed by atoms with Crippen LogP contribution in [0.3, 0.4) is 0 Å². The van der Waals surface area contributed by atoms with Gasteiger partial charge in [-0.05, 0) is 79.5 Å². The lowest BCUT2D eigenvalue weighted by atomic mass is 9.87. The molecule has 1 unspecified atom stereocenters. The number of amides is 1. The van der Waals surface area contributed by atoms with Crippen LogP contribution in [0.15, 0.2) is 36.4 Å². The molecule has 2 fully saturated rings. The second-order valence-corrected chi connectivity index (χ2v) is 11.3. The molecule has 2 aliphatic heterocycles. The summed E-state index contributed by atoms with van der Waals surface area (Å²) in [5.74, 6) is 1.20. The minimum atomic E-state index is 0.0558. The summed E-state index contributed by atoms with van der Waals surface area (Å²) >= 11 is 0. The molecule has 2 aliphatic rings. The van der Waals surface area contributed by atoms with Gasteiger partial charge in [-0.3, -0.25) is 9.36 Å². The van der Waals surface area contributed by atoms with Crippen LogP contribution in [0.25, 0.3) is 16.7 Å². The minimum Gasteiger partial charge on any atom is -0.379 e. The second kappa shape index (κ2) is 9.30. The molecule has 1 aromatic heterocycles. The first-order valence-electron chi connectivity index (χ1n) is 12.9. The fourth-order valence-corrected chi connectivity index (χ4v) is 5.21. The van der Waals surface area contributed by atoms with Crippen LogP contribution in [0.5, 0.6) is 0 Å². The van der Waals surface area contributed by atoms with Crippen LogP contribution in [0.1, 0.15) is 56.7 Å². The smallest absolute Gasteiger partial charge is 0.223 e. The van der Waals surface area contributed by atoms with Crippen molar-refractivity contribution in [2.45, 2.75) is 65.3 Å². The Morgan fingerprint density at radius 1 is 1.03 bits per heavy atom. The monoisotopic (exact) mass is 474 g/mol. The van der Waals surface area contributed by atoms with Gasteiger partial charge in [-0.1, -0.05) is 32.9 Å². The molecular weight excluding hydrogens is 436 g/mol. The summed E-state index contributed by atoms with van der Waals surface area (Å²) in [6.07, 6.45) is 2.59. The van der Waals surface area contributed by atoms with Crippen molar-refractivity contribution in [3.8, 4) is 5.69 Å². The lowest BCUT2D eigenvalue weighted by molar-refractivity contribution is -0.126. The maximum absolute atomic E-state index is 12.8. The lowest BCUT2D eigenvalue weighted by Crippen LogP contribution is -2.44. The minimum absolute atomic E-state index is 0.0558. The fraction of sp³-hybridized carbons (Fsp3) is 0.517. The number of piperidine rings is 1. The van der Waals surface area contributed by atoms with Crippen molar-refractivity contribution in [3.05, 3.63) is 53.1 Å². The van der Waals surface area contributed by atoms with Crippen LogP contribution in [-0.4, -0.2) is 47.8 Å². The Morgan fingerprint density at radius 3 is 2.34 bits per heavy atom. The first kappa shape index (κ1) is 23.9. The van der Waals surface area contributed by atoms with E-state index in [1.807, 2.05) is 0 Å². The molecule has 0 aliphatic carbocycles. The van der Waals surface area contributed by atoms with Gasteiger partial charge in [-0.2, -0.15) is 0 Å². The molecule has 35 heavy (non-hydrogen) atoms. The normalized spacial score (nSPS) is 19.5. The van der Waals surface area contributed by atoms with Gasteiger partial charge in [0, 0.05) is 31.3 Å². The lowest BCUT2D eigenvalue weighted by Gasteiger charge is -2.33. The summed E-state index contributed by atoms with van der Waals surface area (Å²) in [5.41, 5.74) is 7.22. The van der Waals surface area contributed by atoms with Crippen LogP contribution in [-0.2, 0) is 14.9 Å². The van der Waals surface area contributed by atoms with Gasteiger partial charge in [0.05, 0.1) is 23.7 Å². The average Bonchev–Trinajstić information content (AvgIpc) is 3.47. The molecule has 3 heterocycles. The van der Waals surface area contributed by atoms with Gasteiger partial charge in [0.2, 0.25) is 11.9 Å². The summed E-state index contributed by atoms with van der Waals surface area (Å²) in [6.45, 7) is 14.1. The van der Waals surface area contributed by atoms with E-state index < -0.39 is 0 Å². The zero-order valence-electron chi connectivity index (χ0n) is 21.7. The molecule has 0 spiro atoms. The summed E-state index contributed by atoms with van der Waals surface area (Å²) in [6, 6.07) is 13.5. The van der Waals surface area contributed by atoms with E-state index in [1.54, 1.807) is 0 Å². The summed E-state index contributed by atoms with van der Waals surface area (Å²) in [5, 5.41) is 3.19. The summed E-state index contributed by atoms with van der Waals surface area (Å²) in [7, 11) is 0. The highest BCUT2D eigenvalue weighted by atomic mass is 16.5. The third-order valence-electron chi connectivity index (χ3n) is 7.67. The third kappa shape index (κ3) is 4.81. The number of rotatable bonds is 4. The van der Waals surface area contributed by atoms with Crippen molar-refractivity contribution in [1.82, 2.24) is 14.9 Å². The van der Waals surface area contributed by atoms with Crippen LogP contribution in [0, 0.1) is 19.8 Å². The molecular formula is C29H38N4O2. The third-order valence-corrected chi connectivity index (χ3v) is 7.67. The number of nitrogens with zero attached hydrogens (tertiary/aromatic N) is 3. The topological polar surface area (TPSA) is 59.4 Å². The number of aryl methyl sites for hydroxylation is 2. The Hall–Kier alpha value is -2.86. The second-order valence-electron chi connectivity index (χ2n) is 11.3. The average molecular weight is 475 g/mol. The van der Waals surface area contributed by atoms with Crippen molar-refractivity contribution in [3.63, 3.8) is 0 Å². The standard InChI is InChI=1S/C29H38N4O2/c1-19-16-25-26(17-20(19)2)33(24-8-6-22(7-9-24)29(3,4)5)28(31-25)32-13-10-21(11-14-32)27(34)30-23-12-15-35-18-23/h6-9,16-17,21,23H,10-15,18H2,1-5H3,(H,30,34). The number of carbonyl (C=O) groups is 1.